The van der Waals surface area contributed by atoms with E-state index < -0.39 is 0 Å². The minimum atomic E-state index is -0.112. The van der Waals surface area contributed by atoms with E-state index in [1.807, 2.05) is 24.4 Å². The van der Waals surface area contributed by atoms with Crippen LogP contribution in [0.4, 0.5) is 0 Å². The molecule has 0 saturated carbocycles. The van der Waals surface area contributed by atoms with Gasteiger partial charge in [0.2, 0.25) is 0 Å². The minimum absolute atomic E-state index is 0.112. The molecule has 5 aromatic carbocycles. The fourth-order valence-corrected chi connectivity index (χ4v) is 7.70. The number of hydrogen-bond acceptors (Lipinski definition) is 2. The van der Waals surface area contributed by atoms with E-state index >= 15 is 0 Å². The summed E-state index contributed by atoms with van der Waals surface area (Å²) >= 11 is 0. The molecule has 0 N–H and O–H groups in total. The highest BCUT2D eigenvalue weighted by Crippen LogP contribution is 2.42. The van der Waals surface area contributed by atoms with E-state index in [0.717, 1.165) is 44.5 Å². The Bertz CT molecular complexity index is 2720. The summed E-state index contributed by atoms with van der Waals surface area (Å²) in [6.45, 7) is 3.82. The summed E-state index contributed by atoms with van der Waals surface area (Å²) in [6.07, 6.45) is 16.4. The molecule has 0 bridgehead atoms. The smallest absolute Gasteiger partial charge is 0.126 e. The number of pyridine rings is 1. The Balaban J connectivity index is 1.29. The number of likely N-dealkylation sites (N-methyl/N-ethyl adjacent to an activating group) is 1. The van der Waals surface area contributed by atoms with Crippen molar-refractivity contribution in [1.29, 1.82) is 0 Å². The van der Waals surface area contributed by atoms with Gasteiger partial charge in [-0.05, 0) is 65.3 Å². The van der Waals surface area contributed by atoms with Crippen LogP contribution in [0.5, 0.6) is 0 Å². The Kier molecular flexibility index (Phi) is 7.55. The van der Waals surface area contributed by atoms with Crippen LogP contribution in [0.3, 0.4) is 0 Å². The van der Waals surface area contributed by atoms with Gasteiger partial charge < -0.3 is 14.0 Å². The molecular formula is C47H36N4. The standard InChI is InChI=1S/C47H36N4/c1-3-4-5-8-17-33-30-43(34-18-9-6-10-19-34)49(2)45(31-33)51-42-26-16-29-48-46(42)40-28-27-35(32-44(40)51)37-23-15-24-39-38-22-13-14-25-41(38)50(47(37)39)36-20-11-7-12-21-36/h3-32,45H,1H2,2H3/b5-4-,17-8?. The first-order chi connectivity index (χ1) is 25.2. The molecule has 51 heavy (non-hydrogen) atoms. The Morgan fingerprint density at radius 2 is 1.41 bits per heavy atom. The lowest BCUT2D eigenvalue weighted by Gasteiger charge is -2.35. The summed E-state index contributed by atoms with van der Waals surface area (Å²) in [4.78, 5) is 7.31. The summed E-state index contributed by atoms with van der Waals surface area (Å²) < 4.78 is 4.87. The molecule has 0 radical (unpaired) electrons. The molecule has 0 fully saturated rings. The lowest BCUT2D eigenvalue weighted by molar-refractivity contribution is 0.329. The van der Waals surface area contributed by atoms with Crippen molar-refractivity contribution in [3.8, 4) is 16.8 Å². The number of rotatable bonds is 7. The molecule has 1 unspecified atom stereocenters. The van der Waals surface area contributed by atoms with Crippen molar-refractivity contribution in [3.63, 3.8) is 0 Å². The Morgan fingerprint density at radius 1 is 0.647 bits per heavy atom. The maximum absolute atomic E-state index is 4.94. The number of aromatic nitrogens is 3. The number of para-hydroxylation sites is 3. The largest absolute Gasteiger partial charge is 0.350 e. The van der Waals surface area contributed by atoms with Crippen molar-refractivity contribution in [1.82, 2.24) is 19.0 Å². The molecule has 9 rings (SSSR count). The number of allylic oxidation sites excluding steroid dienone is 7. The van der Waals surface area contributed by atoms with Gasteiger partial charge in [-0.2, -0.15) is 0 Å². The van der Waals surface area contributed by atoms with Gasteiger partial charge in [0.25, 0.3) is 0 Å². The van der Waals surface area contributed by atoms with E-state index in [0.29, 0.717) is 0 Å². The lowest BCUT2D eigenvalue weighted by Crippen LogP contribution is -2.29. The van der Waals surface area contributed by atoms with Gasteiger partial charge in [0.1, 0.15) is 6.17 Å². The third-order valence-corrected chi connectivity index (χ3v) is 9.98. The monoisotopic (exact) mass is 656 g/mol. The molecule has 8 aromatic rings. The Labute approximate surface area is 297 Å². The molecule has 0 amide bonds. The van der Waals surface area contributed by atoms with Crippen molar-refractivity contribution in [2.45, 2.75) is 6.17 Å². The van der Waals surface area contributed by atoms with Gasteiger partial charge in [-0.25, -0.2) is 0 Å². The highest BCUT2D eigenvalue weighted by molar-refractivity contribution is 6.15. The third-order valence-electron chi connectivity index (χ3n) is 9.98. The van der Waals surface area contributed by atoms with Crippen molar-refractivity contribution >= 4 is 49.4 Å². The zero-order chi connectivity index (χ0) is 34.3. The predicted octanol–water partition coefficient (Wildman–Crippen LogP) is 11.7. The number of hydrogen-bond donors (Lipinski definition) is 0. The number of fused-ring (bicyclic) bond motifs is 6. The summed E-state index contributed by atoms with van der Waals surface area (Å²) in [5.74, 6) is 0. The average molecular weight is 657 g/mol. The van der Waals surface area contributed by atoms with Crippen molar-refractivity contribution in [2.24, 2.45) is 0 Å². The van der Waals surface area contributed by atoms with Crippen molar-refractivity contribution in [2.75, 3.05) is 7.05 Å². The summed E-state index contributed by atoms with van der Waals surface area (Å²) in [7, 11) is 2.19. The zero-order valence-corrected chi connectivity index (χ0v) is 28.4. The molecule has 1 atom stereocenters. The molecule has 4 heterocycles. The first kappa shape index (κ1) is 30.4. The SMILES string of the molecule is C=C/C=C\C=CC1=CC(n2c3cc(-c4cccc5c6ccccc6n(-c6ccccc6)c45)ccc3c3ncccc32)N(C)C(c2ccccc2)=C1. The lowest BCUT2D eigenvalue weighted by atomic mass is 10.00. The van der Waals surface area contributed by atoms with Gasteiger partial charge in [-0.15, -0.1) is 0 Å². The summed E-state index contributed by atoms with van der Waals surface area (Å²) in [5.41, 5.74) is 12.6. The summed E-state index contributed by atoms with van der Waals surface area (Å²) in [6, 6.07) is 47.9. The van der Waals surface area contributed by atoms with Crippen LogP contribution in [0, 0.1) is 0 Å². The topological polar surface area (TPSA) is 26.0 Å². The maximum Gasteiger partial charge on any atom is 0.126 e. The van der Waals surface area contributed by atoms with Crippen molar-refractivity contribution < 1.29 is 0 Å². The van der Waals surface area contributed by atoms with Gasteiger partial charge in [0, 0.05) is 46.4 Å². The van der Waals surface area contributed by atoms with E-state index in [1.54, 1.807) is 6.08 Å². The fourth-order valence-electron chi connectivity index (χ4n) is 7.70. The molecule has 244 valence electrons. The van der Waals surface area contributed by atoms with Gasteiger partial charge in [0.15, 0.2) is 0 Å². The molecule has 1 aliphatic heterocycles. The van der Waals surface area contributed by atoms with Crippen LogP contribution in [0.1, 0.15) is 11.7 Å². The number of nitrogens with zero attached hydrogens (tertiary/aromatic N) is 4. The van der Waals surface area contributed by atoms with Gasteiger partial charge in [0.05, 0.1) is 27.6 Å². The first-order valence-electron chi connectivity index (χ1n) is 17.4. The third kappa shape index (κ3) is 5.12. The van der Waals surface area contributed by atoms with E-state index in [2.05, 4.69) is 179 Å². The molecular weight excluding hydrogens is 621 g/mol. The van der Waals surface area contributed by atoms with E-state index in [1.165, 1.54) is 32.9 Å². The molecule has 0 aliphatic carbocycles. The molecule has 4 nitrogen and oxygen atoms in total. The normalized spacial score (nSPS) is 15.1. The van der Waals surface area contributed by atoms with Crippen LogP contribution >= 0.6 is 0 Å². The second-order valence-electron chi connectivity index (χ2n) is 12.9. The van der Waals surface area contributed by atoms with Gasteiger partial charge in [-0.3, -0.25) is 4.98 Å². The van der Waals surface area contributed by atoms with Crippen LogP contribution in [0.25, 0.3) is 66.3 Å². The quantitative estimate of drug-likeness (QED) is 0.160. The molecule has 1 aliphatic rings. The molecule has 4 heteroatoms. The average Bonchev–Trinajstić information content (AvgIpc) is 3.70. The van der Waals surface area contributed by atoms with Crippen LogP contribution in [-0.2, 0) is 0 Å². The minimum Gasteiger partial charge on any atom is -0.350 e. The maximum atomic E-state index is 4.94. The Hall–Kier alpha value is -6.65. The highest BCUT2D eigenvalue weighted by atomic mass is 15.3. The second-order valence-corrected chi connectivity index (χ2v) is 12.9. The van der Waals surface area contributed by atoms with Crippen LogP contribution < -0.4 is 0 Å². The zero-order valence-electron chi connectivity index (χ0n) is 28.4. The summed E-state index contributed by atoms with van der Waals surface area (Å²) in [5, 5.41) is 3.62. The Morgan fingerprint density at radius 3 is 2.25 bits per heavy atom. The molecule has 0 spiro atoms. The molecule has 3 aromatic heterocycles. The predicted molar refractivity (Wildman–Crippen MR) is 215 cm³/mol. The highest BCUT2D eigenvalue weighted by Gasteiger charge is 2.27. The van der Waals surface area contributed by atoms with Gasteiger partial charge >= 0.3 is 0 Å². The molecule has 0 saturated heterocycles. The van der Waals surface area contributed by atoms with Crippen LogP contribution in [0.2, 0.25) is 0 Å². The van der Waals surface area contributed by atoms with Crippen LogP contribution in [0.15, 0.2) is 194 Å². The van der Waals surface area contributed by atoms with E-state index in [-0.39, 0.29) is 6.17 Å². The first-order valence-corrected chi connectivity index (χ1v) is 17.4. The van der Waals surface area contributed by atoms with E-state index in [9.17, 15) is 0 Å². The van der Waals surface area contributed by atoms with E-state index in [4.69, 9.17) is 4.98 Å². The van der Waals surface area contributed by atoms with Gasteiger partial charge in [-0.1, -0.05) is 134 Å². The van der Waals surface area contributed by atoms with Crippen LogP contribution in [-0.4, -0.2) is 26.1 Å². The second kappa shape index (κ2) is 12.7. The number of benzene rings is 5. The van der Waals surface area contributed by atoms with Crippen molar-refractivity contribution in [3.05, 3.63) is 200 Å². The fraction of sp³-hybridized carbons (Fsp3) is 0.0426.